The highest BCUT2D eigenvalue weighted by atomic mass is 32.1. The fourth-order valence-electron chi connectivity index (χ4n) is 9.06. The van der Waals surface area contributed by atoms with E-state index in [9.17, 15) is 67.4 Å². The number of carbonyl (C=O) groups excluding carboxylic acids is 12. The van der Waals surface area contributed by atoms with Gasteiger partial charge in [-0.15, -0.1) is 0 Å². The molecule has 0 saturated carbocycles. The molecule has 0 unspecified atom stereocenters. The van der Waals surface area contributed by atoms with Crippen LogP contribution in [-0.2, 0) is 68.7 Å². The molecule has 0 spiro atoms. The van der Waals surface area contributed by atoms with Crippen LogP contribution in [0.2, 0.25) is 0 Å². The van der Waals surface area contributed by atoms with Crippen LogP contribution in [-0.4, -0.2) is 184 Å². The summed E-state index contributed by atoms with van der Waals surface area (Å²) in [6.45, 7) is 2.88. The summed E-state index contributed by atoms with van der Waals surface area (Å²) in [6, 6.07) is -5.72. The number of H-pyrrole nitrogens is 1. The predicted octanol–water partition coefficient (Wildman–Crippen LogP) is -6.20. The van der Waals surface area contributed by atoms with E-state index >= 15 is 0 Å². The molecule has 10 atom stereocenters. The lowest BCUT2D eigenvalue weighted by Gasteiger charge is -2.30. The molecule has 24 N–H and O–H groups in total. The molecule has 3 rings (SSSR count). The van der Waals surface area contributed by atoms with Gasteiger partial charge in [0.15, 0.2) is 5.96 Å². The van der Waals surface area contributed by atoms with E-state index in [2.05, 4.69) is 65.1 Å². The number of thiol groups is 1. The van der Waals surface area contributed by atoms with Gasteiger partial charge >= 0.3 is 5.97 Å². The van der Waals surface area contributed by atoms with Crippen molar-refractivity contribution in [2.75, 3.05) is 31.9 Å². The van der Waals surface area contributed by atoms with Gasteiger partial charge in [-0.1, -0.05) is 38.5 Å². The molecule has 1 aromatic heterocycles. The number of aliphatic carboxylic acids is 1. The Labute approximate surface area is 495 Å². The summed E-state index contributed by atoms with van der Waals surface area (Å²) in [4.78, 5) is 180. The smallest absolute Gasteiger partial charge is 0.326 e. The van der Waals surface area contributed by atoms with Crippen LogP contribution in [0.15, 0.2) is 35.5 Å². The summed E-state index contributed by atoms with van der Waals surface area (Å²) in [7, 11) is 0. The van der Waals surface area contributed by atoms with Gasteiger partial charge in [0.25, 0.3) is 0 Å². The number of carbonyl (C=O) groups is 13. The van der Waals surface area contributed by atoms with Crippen LogP contribution in [0.1, 0.15) is 96.5 Å². The van der Waals surface area contributed by atoms with Gasteiger partial charge < -0.3 is 97.7 Å². The van der Waals surface area contributed by atoms with Gasteiger partial charge in [-0.25, -0.2) is 4.79 Å². The normalized spacial score (nSPS) is 16.0. The van der Waals surface area contributed by atoms with Gasteiger partial charge in [-0.2, -0.15) is 12.6 Å². The van der Waals surface area contributed by atoms with Crippen molar-refractivity contribution in [2.45, 2.75) is 152 Å². The fourth-order valence-corrected chi connectivity index (χ4v) is 9.31. The van der Waals surface area contributed by atoms with Crippen molar-refractivity contribution in [3.63, 3.8) is 0 Å². The number of para-hydroxylation sites is 1. The van der Waals surface area contributed by atoms with E-state index in [0.29, 0.717) is 31.2 Å². The number of rotatable bonds is 38. The molecule has 2 aromatic rings. The molecular formula is C52H82N18O14S. The topological polar surface area (TPSA) is 552 Å². The molecule has 12 amide bonds. The highest BCUT2D eigenvalue weighted by molar-refractivity contribution is 7.80. The summed E-state index contributed by atoms with van der Waals surface area (Å²) in [5.41, 5.74) is 39.8. The number of aliphatic imine (C=N–C) groups is 1. The number of aromatic nitrogens is 1. The maximum Gasteiger partial charge on any atom is 0.326 e. The lowest BCUT2D eigenvalue weighted by molar-refractivity contribution is -0.142. The van der Waals surface area contributed by atoms with Gasteiger partial charge in [0.05, 0.1) is 25.4 Å². The maximum absolute atomic E-state index is 14.4. The zero-order valence-corrected chi connectivity index (χ0v) is 48.4. The van der Waals surface area contributed by atoms with Crippen molar-refractivity contribution < 1.29 is 67.4 Å². The zero-order chi connectivity index (χ0) is 63.5. The van der Waals surface area contributed by atoms with E-state index in [1.54, 1.807) is 44.3 Å². The monoisotopic (exact) mass is 1210 g/mol. The van der Waals surface area contributed by atoms with Crippen molar-refractivity contribution in [3.05, 3.63) is 36.0 Å². The first kappa shape index (κ1) is 70.7. The van der Waals surface area contributed by atoms with Gasteiger partial charge in [0.1, 0.15) is 48.3 Å². The third-order valence-electron chi connectivity index (χ3n) is 13.9. The first-order valence-electron chi connectivity index (χ1n) is 27.7. The highest BCUT2D eigenvalue weighted by Gasteiger charge is 2.40. The molecule has 2 heterocycles. The van der Waals surface area contributed by atoms with E-state index in [4.69, 9.17) is 40.1 Å². The molecule has 0 bridgehead atoms. The number of likely N-dealkylation sites (tertiary alicyclic amines) is 1. The third-order valence-corrected chi connectivity index (χ3v) is 14.2. The van der Waals surface area contributed by atoms with E-state index in [0.717, 1.165) is 15.8 Å². The number of nitrogens with one attached hydrogen (secondary N) is 9. The molecule has 1 saturated heterocycles. The Morgan fingerprint density at radius 1 is 0.706 bits per heavy atom. The molecule has 0 aliphatic carbocycles. The predicted molar refractivity (Wildman–Crippen MR) is 311 cm³/mol. The SMILES string of the molecule is CC[C@H](C)[C@H](NC(=O)[C@H](Cc1c[nH]c2ccccc12)NC(=O)[C@@H](N)CC(N)=O)C(=O)N[C@@H](CCCN=C(N)N)C(=O)N[C@@H](CCC(N)=O)C(=O)N[C@@H](CS)C(=O)N1CCC[C@H]1C(=O)NCC(=O)N[C@@H](CC(N)=O)C(=O)N[C@@H](CCCCN)C(=O)O. The minimum atomic E-state index is -1.62. The van der Waals surface area contributed by atoms with Crippen molar-refractivity contribution in [2.24, 2.45) is 51.0 Å². The third kappa shape index (κ3) is 23.5. The largest absolute Gasteiger partial charge is 0.480 e. The van der Waals surface area contributed by atoms with Crippen molar-refractivity contribution in [1.29, 1.82) is 0 Å². The van der Waals surface area contributed by atoms with Crippen LogP contribution in [0.4, 0.5) is 0 Å². The first-order chi connectivity index (χ1) is 40.2. The quantitative estimate of drug-likeness (QED) is 0.0129. The van der Waals surface area contributed by atoms with Crippen LogP contribution >= 0.6 is 12.6 Å². The van der Waals surface area contributed by atoms with E-state index < -0.39 is 169 Å². The Kier molecular flexibility index (Phi) is 29.5. The fraction of sp³-hybridized carbons (Fsp3) is 0.577. The Morgan fingerprint density at radius 3 is 1.91 bits per heavy atom. The number of carboxylic acids is 1. The van der Waals surface area contributed by atoms with Gasteiger partial charge in [0.2, 0.25) is 70.9 Å². The zero-order valence-electron chi connectivity index (χ0n) is 47.5. The molecule has 1 aliphatic heterocycles. The molecule has 85 heavy (non-hydrogen) atoms. The van der Waals surface area contributed by atoms with Crippen LogP contribution in [0.25, 0.3) is 10.9 Å². The molecule has 33 heteroatoms. The Hall–Kier alpha value is -8.59. The summed E-state index contributed by atoms with van der Waals surface area (Å²) in [5, 5.41) is 30.2. The van der Waals surface area contributed by atoms with E-state index in [1.165, 1.54) is 0 Å². The summed E-state index contributed by atoms with van der Waals surface area (Å²) >= 11 is 4.27. The lowest BCUT2D eigenvalue weighted by Crippen LogP contribution is -2.61. The lowest BCUT2D eigenvalue weighted by atomic mass is 9.96. The van der Waals surface area contributed by atoms with Crippen LogP contribution in [0.3, 0.4) is 0 Å². The second kappa shape index (κ2) is 35.5. The maximum atomic E-state index is 14.4. The summed E-state index contributed by atoms with van der Waals surface area (Å²) < 4.78 is 0. The molecule has 470 valence electrons. The molecule has 0 radical (unpaired) electrons. The first-order valence-corrected chi connectivity index (χ1v) is 28.3. The minimum absolute atomic E-state index is 0.00511. The number of hydrogen-bond donors (Lipinski definition) is 18. The second-order valence-corrected chi connectivity index (χ2v) is 20.8. The molecule has 1 aromatic carbocycles. The highest BCUT2D eigenvalue weighted by Crippen LogP contribution is 2.21. The second-order valence-electron chi connectivity index (χ2n) is 20.5. The Bertz CT molecular complexity index is 2740. The number of aromatic amines is 1. The van der Waals surface area contributed by atoms with E-state index in [1.807, 2.05) is 0 Å². The number of fused-ring (bicyclic) bond motifs is 1. The number of nitrogens with two attached hydrogens (primary N) is 7. The molecule has 32 nitrogen and oxygen atoms in total. The minimum Gasteiger partial charge on any atom is -0.480 e. The van der Waals surface area contributed by atoms with E-state index in [-0.39, 0.29) is 63.5 Å². The van der Waals surface area contributed by atoms with Gasteiger partial charge in [0, 0.05) is 48.8 Å². The summed E-state index contributed by atoms with van der Waals surface area (Å²) in [6.07, 6.45) is 0.855. The summed E-state index contributed by atoms with van der Waals surface area (Å²) in [5.74, 6) is -13.5. The standard InChI is InChI=1S/C52H82N18O14S/c1-3-26(2)42(69-47(79)34(67-43(75)29(54)21-39(56)72)20-27-23-61-30-11-5-4-10-28(27)30)49(81)65-31(13-8-18-60-52(58)59)44(76)64-32(15-16-38(55)71)45(77)68-36(25-85)50(82)70-19-9-14-37(70)48(80)62-24-41(74)63-35(22-40(57)73)46(78)66-33(51(83)84)12-6-7-17-53/h4-5,10-11,23,26,29,31-37,42,61,85H,3,6-9,12-22,24-25,53-54H2,1-2H3,(H2,55,71)(H2,56,72)(H2,57,73)(H,62,80)(H,63,74)(H,64,76)(H,65,81)(H,66,78)(H,67,75)(H,68,77)(H,69,79)(H,83,84)(H4,58,59,60)/t26-,29-,31-,32-,33-,34-,35-,36-,37-,42-/m0/s1. The number of carboxylic acid groups (broad SMARTS) is 1. The molecule has 1 fully saturated rings. The van der Waals surface area contributed by atoms with Crippen LogP contribution in [0, 0.1) is 5.92 Å². The molecular weight excluding hydrogens is 1130 g/mol. The number of hydrogen-bond acceptors (Lipinski definition) is 17. The molecule has 1 aliphatic rings. The number of unbranched alkanes of at least 4 members (excludes halogenated alkanes) is 1. The number of primary amides is 3. The number of nitrogens with zero attached hydrogens (tertiary/aromatic N) is 2. The number of benzene rings is 1. The Morgan fingerprint density at radius 2 is 1.29 bits per heavy atom. The van der Waals surface area contributed by atoms with Gasteiger partial charge in [-0.05, 0) is 75.5 Å². The van der Waals surface area contributed by atoms with Crippen molar-refractivity contribution in [3.8, 4) is 0 Å². The number of guanidine groups is 1. The number of amides is 12. The average Bonchev–Trinajstić information content (AvgIpc) is 4.13. The van der Waals surface area contributed by atoms with Gasteiger partial charge in [-0.3, -0.25) is 62.5 Å². The van der Waals surface area contributed by atoms with Crippen molar-refractivity contribution >= 4 is 106 Å². The van der Waals surface area contributed by atoms with Crippen LogP contribution < -0.4 is 82.7 Å². The average molecular weight is 1220 g/mol. The van der Waals surface area contributed by atoms with Crippen molar-refractivity contribution in [1.82, 2.24) is 52.4 Å². The van der Waals surface area contributed by atoms with Crippen LogP contribution in [0.5, 0.6) is 0 Å². The Balaban J connectivity index is 1.83.